The van der Waals surface area contributed by atoms with E-state index in [1.807, 2.05) is 13.8 Å². The van der Waals surface area contributed by atoms with E-state index in [9.17, 15) is 4.79 Å². The summed E-state index contributed by atoms with van der Waals surface area (Å²) in [5.74, 6) is -0.891. The zero-order valence-electron chi connectivity index (χ0n) is 8.95. The Morgan fingerprint density at radius 1 is 1.50 bits per heavy atom. The Morgan fingerprint density at radius 3 is 2.36 bits per heavy atom. The summed E-state index contributed by atoms with van der Waals surface area (Å²) in [7, 11) is 1.44. The molecule has 4 nitrogen and oxygen atoms in total. The van der Waals surface area contributed by atoms with Gasteiger partial charge in [-0.25, -0.2) is 4.79 Å². The maximum absolute atomic E-state index is 10.9. The highest BCUT2D eigenvalue weighted by molar-refractivity contribution is 5.74. The minimum atomic E-state index is -0.891. The maximum atomic E-state index is 10.9. The molecule has 1 rings (SSSR count). The number of carbonyl (C=O) groups is 1. The second-order valence-corrected chi connectivity index (χ2v) is 4.18. The zero-order chi connectivity index (χ0) is 10.8. The van der Waals surface area contributed by atoms with E-state index in [0.29, 0.717) is 6.61 Å². The fourth-order valence-electron chi connectivity index (χ4n) is 1.59. The lowest BCUT2D eigenvalue weighted by Gasteiger charge is -2.22. The van der Waals surface area contributed by atoms with Crippen molar-refractivity contribution in [2.24, 2.45) is 5.41 Å². The van der Waals surface area contributed by atoms with Crippen LogP contribution in [-0.2, 0) is 14.3 Å². The van der Waals surface area contributed by atoms with Crippen LogP contribution in [0, 0.1) is 5.41 Å². The van der Waals surface area contributed by atoms with Crippen molar-refractivity contribution in [1.82, 2.24) is 0 Å². The Morgan fingerprint density at radius 2 is 2.07 bits per heavy atom. The number of hydrogen-bond acceptors (Lipinski definition) is 3. The van der Waals surface area contributed by atoms with Gasteiger partial charge in [0.2, 0.25) is 0 Å². The molecule has 1 atom stereocenters. The SMILES string of the molecule is COC(C(=O)O)C1(COC(C)C)CC1. The molecule has 82 valence electrons. The van der Waals surface area contributed by atoms with Crippen molar-refractivity contribution in [3.05, 3.63) is 0 Å². The minimum absolute atomic E-state index is 0.138. The molecule has 1 aliphatic carbocycles. The third kappa shape index (κ3) is 2.45. The summed E-state index contributed by atoms with van der Waals surface area (Å²) >= 11 is 0. The van der Waals surface area contributed by atoms with Gasteiger partial charge in [-0.05, 0) is 26.7 Å². The number of hydrogen-bond donors (Lipinski definition) is 1. The van der Waals surface area contributed by atoms with Gasteiger partial charge in [-0.2, -0.15) is 0 Å². The van der Waals surface area contributed by atoms with Crippen LogP contribution in [0.3, 0.4) is 0 Å². The molecule has 1 aliphatic rings. The molecule has 0 radical (unpaired) electrons. The van der Waals surface area contributed by atoms with Crippen molar-refractivity contribution in [2.45, 2.75) is 38.9 Å². The van der Waals surface area contributed by atoms with E-state index in [0.717, 1.165) is 12.8 Å². The molecule has 1 unspecified atom stereocenters. The molecule has 1 fully saturated rings. The number of rotatable bonds is 6. The average Bonchev–Trinajstić information content (AvgIpc) is 2.83. The molecule has 4 heteroatoms. The molecule has 0 aromatic rings. The summed E-state index contributed by atoms with van der Waals surface area (Å²) in [4.78, 5) is 10.9. The van der Waals surface area contributed by atoms with Gasteiger partial charge in [-0.15, -0.1) is 0 Å². The fourth-order valence-corrected chi connectivity index (χ4v) is 1.59. The third-order valence-electron chi connectivity index (χ3n) is 2.61. The number of methoxy groups -OCH3 is 1. The molecule has 0 spiro atoms. The van der Waals surface area contributed by atoms with Gasteiger partial charge in [0.05, 0.1) is 12.7 Å². The lowest BCUT2D eigenvalue weighted by molar-refractivity contribution is -0.155. The summed E-state index contributed by atoms with van der Waals surface area (Å²) in [6.45, 7) is 4.37. The van der Waals surface area contributed by atoms with Crippen molar-refractivity contribution in [2.75, 3.05) is 13.7 Å². The standard InChI is InChI=1S/C10H18O4/c1-7(2)14-6-10(4-5-10)8(13-3)9(11)12/h7-8H,4-6H2,1-3H3,(H,11,12). The van der Waals surface area contributed by atoms with Gasteiger partial charge in [0, 0.05) is 12.5 Å². The van der Waals surface area contributed by atoms with Gasteiger partial charge in [-0.1, -0.05) is 0 Å². The first-order valence-electron chi connectivity index (χ1n) is 4.89. The number of ether oxygens (including phenoxy) is 2. The first-order chi connectivity index (χ1) is 6.52. The molecular formula is C10H18O4. The van der Waals surface area contributed by atoms with E-state index >= 15 is 0 Å². The van der Waals surface area contributed by atoms with Crippen LogP contribution in [0.2, 0.25) is 0 Å². The third-order valence-corrected chi connectivity index (χ3v) is 2.61. The van der Waals surface area contributed by atoms with Crippen molar-refractivity contribution in [3.63, 3.8) is 0 Å². The predicted molar refractivity (Wildman–Crippen MR) is 51.2 cm³/mol. The largest absolute Gasteiger partial charge is 0.479 e. The van der Waals surface area contributed by atoms with Crippen LogP contribution >= 0.6 is 0 Å². The van der Waals surface area contributed by atoms with Crippen molar-refractivity contribution in [1.29, 1.82) is 0 Å². The molecule has 0 heterocycles. The highest BCUT2D eigenvalue weighted by Gasteiger charge is 2.53. The molecule has 0 aromatic heterocycles. The highest BCUT2D eigenvalue weighted by atomic mass is 16.5. The normalized spacial score (nSPS) is 20.9. The lowest BCUT2D eigenvalue weighted by Crippen LogP contribution is -2.36. The fraction of sp³-hybridized carbons (Fsp3) is 0.900. The van der Waals surface area contributed by atoms with Crippen LogP contribution in [0.5, 0.6) is 0 Å². The van der Waals surface area contributed by atoms with Gasteiger partial charge in [0.25, 0.3) is 0 Å². The van der Waals surface area contributed by atoms with Gasteiger partial charge < -0.3 is 14.6 Å². The molecule has 0 saturated heterocycles. The van der Waals surface area contributed by atoms with Crippen LogP contribution in [-0.4, -0.2) is 37.0 Å². The summed E-state index contributed by atoms with van der Waals surface area (Å²) in [5, 5.41) is 8.93. The van der Waals surface area contributed by atoms with Crippen molar-refractivity contribution < 1.29 is 19.4 Å². The molecule has 14 heavy (non-hydrogen) atoms. The molecule has 0 aliphatic heterocycles. The molecule has 0 bridgehead atoms. The predicted octanol–water partition coefficient (Wildman–Crippen LogP) is 1.29. The smallest absolute Gasteiger partial charge is 0.333 e. The van der Waals surface area contributed by atoms with Gasteiger partial charge in [-0.3, -0.25) is 0 Å². The molecular weight excluding hydrogens is 184 g/mol. The van der Waals surface area contributed by atoms with Crippen LogP contribution < -0.4 is 0 Å². The average molecular weight is 202 g/mol. The Bertz CT molecular complexity index is 208. The molecule has 1 saturated carbocycles. The monoisotopic (exact) mass is 202 g/mol. The zero-order valence-corrected chi connectivity index (χ0v) is 8.95. The molecule has 0 aromatic carbocycles. The van der Waals surface area contributed by atoms with Gasteiger partial charge in [0.15, 0.2) is 6.10 Å². The summed E-state index contributed by atoms with van der Waals surface area (Å²) < 4.78 is 10.5. The van der Waals surface area contributed by atoms with E-state index in [1.54, 1.807) is 0 Å². The number of aliphatic carboxylic acids is 1. The maximum Gasteiger partial charge on any atom is 0.333 e. The van der Waals surface area contributed by atoms with E-state index < -0.39 is 12.1 Å². The number of carboxylic acid groups (broad SMARTS) is 1. The summed E-state index contributed by atoms with van der Waals surface area (Å²) in [5.41, 5.74) is -0.273. The summed E-state index contributed by atoms with van der Waals surface area (Å²) in [6, 6.07) is 0. The van der Waals surface area contributed by atoms with E-state index in [-0.39, 0.29) is 11.5 Å². The van der Waals surface area contributed by atoms with Crippen LogP contribution in [0.15, 0.2) is 0 Å². The van der Waals surface area contributed by atoms with E-state index in [1.165, 1.54) is 7.11 Å². The van der Waals surface area contributed by atoms with Crippen LogP contribution in [0.4, 0.5) is 0 Å². The number of carboxylic acids is 1. The lowest BCUT2D eigenvalue weighted by atomic mass is 10.0. The van der Waals surface area contributed by atoms with Gasteiger partial charge >= 0.3 is 5.97 Å². The second kappa shape index (κ2) is 4.28. The van der Waals surface area contributed by atoms with E-state index in [2.05, 4.69) is 0 Å². The summed E-state index contributed by atoms with van der Waals surface area (Å²) in [6.07, 6.45) is 1.18. The van der Waals surface area contributed by atoms with Crippen LogP contribution in [0.1, 0.15) is 26.7 Å². The van der Waals surface area contributed by atoms with Gasteiger partial charge in [0.1, 0.15) is 0 Å². The Balaban J connectivity index is 2.51. The first-order valence-corrected chi connectivity index (χ1v) is 4.89. The second-order valence-electron chi connectivity index (χ2n) is 4.18. The van der Waals surface area contributed by atoms with E-state index in [4.69, 9.17) is 14.6 Å². The molecule has 0 amide bonds. The van der Waals surface area contributed by atoms with Crippen LogP contribution in [0.25, 0.3) is 0 Å². The molecule has 1 N–H and O–H groups in total. The topological polar surface area (TPSA) is 55.8 Å². The minimum Gasteiger partial charge on any atom is -0.479 e. The quantitative estimate of drug-likeness (QED) is 0.705. The first kappa shape index (κ1) is 11.5. The Hall–Kier alpha value is -0.610. The van der Waals surface area contributed by atoms with Crippen molar-refractivity contribution >= 4 is 5.97 Å². The Labute approximate surface area is 84.2 Å². The van der Waals surface area contributed by atoms with Crippen molar-refractivity contribution in [3.8, 4) is 0 Å². The Kier molecular flexibility index (Phi) is 3.50. The highest BCUT2D eigenvalue weighted by Crippen LogP contribution is 2.50.